The molecule has 0 radical (unpaired) electrons. The second kappa shape index (κ2) is 11.5. The molecule has 218 valence electrons. The van der Waals surface area contributed by atoms with Gasteiger partial charge in [-0.15, -0.1) is 11.3 Å². The Morgan fingerprint density at radius 1 is 1.17 bits per heavy atom. The standard InChI is InChI=1S/C22H23N7O10S2/c1-9-16(20(33)29(9)41(36,37)38)27-19(32)17(13-8-40-22(23)26-13)28-39-5-3-2-4-10-18(21(34)35)25-12-7-15(31)14(30)6-11(12)24-10/h6-9,16,30-31H,2-5H2,1H3,(H2,23,26)(H,27,32)(H,34,35)(H,36,37,38)/b28-17-/t9-,16+/m1/s1. The molecule has 0 aliphatic carbocycles. The average Bonchev–Trinajstić information content (AvgIpc) is 3.31. The molecule has 3 heterocycles. The number of aryl methyl sites for hydroxylation is 1. The van der Waals surface area contributed by atoms with E-state index in [0.29, 0.717) is 12.8 Å². The molecule has 0 unspecified atom stereocenters. The van der Waals surface area contributed by atoms with Crippen molar-refractivity contribution in [1.29, 1.82) is 0 Å². The van der Waals surface area contributed by atoms with Crippen LogP contribution in [0.4, 0.5) is 5.13 Å². The molecule has 0 spiro atoms. The summed E-state index contributed by atoms with van der Waals surface area (Å²) in [7, 11) is -4.78. The Kier molecular flexibility index (Phi) is 8.22. The number of thiazole rings is 1. The van der Waals surface area contributed by atoms with E-state index in [1.165, 1.54) is 18.4 Å². The molecule has 1 saturated heterocycles. The number of anilines is 1. The highest BCUT2D eigenvalue weighted by Gasteiger charge is 2.51. The lowest BCUT2D eigenvalue weighted by Crippen LogP contribution is -2.71. The summed E-state index contributed by atoms with van der Waals surface area (Å²) in [6.45, 7) is 1.29. The monoisotopic (exact) mass is 609 g/mol. The topological polar surface area (TPSA) is 268 Å². The molecule has 1 aliphatic rings. The van der Waals surface area contributed by atoms with Gasteiger partial charge < -0.3 is 31.2 Å². The molecule has 7 N–H and O–H groups in total. The number of hydrogen-bond acceptors (Lipinski definition) is 14. The number of aromatic hydroxyl groups is 2. The lowest BCUT2D eigenvalue weighted by Gasteiger charge is -2.42. The summed E-state index contributed by atoms with van der Waals surface area (Å²) >= 11 is 1.02. The number of amides is 2. The Hall–Kier alpha value is -4.62. The number of nitrogens with two attached hydrogens (primary N) is 1. The van der Waals surface area contributed by atoms with Crippen LogP contribution in [0.5, 0.6) is 11.5 Å². The van der Waals surface area contributed by atoms with Crippen LogP contribution in [0.2, 0.25) is 0 Å². The van der Waals surface area contributed by atoms with Crippen molar-refractivity contribution >= 4 is 61.3 Å². The molecule has 0 saturated carbocycles. The van der Waals surface area contributed by atoms with E-state index in [1.54, 1.807) is 0 Å². The molecule has 1 aromatic carbocycles. The van der Waals surface area contributed by atoms with E-state index < -0.39 is 51.7 Å². The number of rotatable bonds is 11. The van der Waals surface area contributed by atoms with Gasteiger partial charge in [-0.1, -0.05) is 5.16 Å². The van der Waals surface area contributed by atoms with Gasteiger partial charge in [-0.2, -0.15) is 8.42 Å². The van der Waals surface area contributed by atoms with Gasteiger partial charge in [0, 0.05) is 17.5 Å². The molecule has 2 aromatic heterocycles. The average molecular weight is 610 g/mol. The number of nitrogen functional groups attached to an aromatic ring is 1. The number of carboxylic acids is 1. The van der Waals surface area contributed by atoms with E-state index >= 15 is 0 Å². The fraction of sp³-hybridized carbons (Fsp3) is 0.318. The predicted molar refractivity (Wildman–Crippen MR) is 142 cm³/mol. The molecular formula is C22H23N7O10S2. The van der Waals surface area contributed by atoms with Gasteiger partial charge in [0.25, 0.3) is 11.8 Å². The fourth-order valence-electron chi connectivity index (χ4n) is 3.95. The lowest BCUT2D eigenvalue weighted by atomic mass is 10.0. The summed E-state index contributed by atoms with van der Waals surface area (Å²) in [5.74, 6) is -4.14. The quantitative estimate of drug-likeness (QED) is 0.0418. The van der Waals surface area contributed by atoms with Gasteiger partial charge in [0.1, 0.15) is 18.3 Å². The second-order valence-electron chi connectivity index (χ2n) is 8.76. The third-order valence-corrected chi connectivity index (χ3v) is 7.62. The van der Waals surface area contributed by atoms with Crippen LogP contribution in [0.3, 0.4) is 0 Å². The Morgan fingerprint density at radius 3 is 2.39 bits per heavy atom. The van der Waals surface area contributed by atoms with Crippen molar-refractivity contribution in [3.8, 4) is 11.5 Å². The number of β-lactam (4-membered cyclic amide) rings is 1. The lowest BCUT2D eigenvalue weighted by molar-refractivity contribution is -0.143. The number of carboxylic acid groups (broad SMARTS) is 1. The van der Waals surface area contributed by atoms with E-state index in [0.717, 1.165) is 17.4 Å². The van der Waals surface area contributed by atoms with Crippen molar-refractivity contribution < 1.29 is 47.5 Å². The molecular weight excluding hydrogens is 586 g/mol. The highest BCUT2D eigenvalue weighted by Crippen LogP contribution is 2.29. The minimum Gasteiger partial charge on any atom is -0.504 e. The van der Waals surface area contributed by atoms with E-state index in [-0.39, 0.29) is 56.3 Å². The van der Waals surface area contributed by atoms with Crippen LogP contribution in [0.1, 0.15) is 41.6 Å². The first-order valence-electron chi connectivity index (χ1n) is 11.8. The number of aromatic carboxylic acids is 1. The number of benzene rings is 1. The van der Waals surface area contributed by atoms with Crippen LogP contribution in [-0.2, 0) is 31.2 Å². The number of phenolic OH excluding ortho intramolecular Hbond substituents is 2. The van der Waals surface area contributed by atoms with Crippen LogP contribution in [0.15, 0.2) is 22.7 Å². The number of unbranched alkanes of at least 4 members (excludes halogenated alkanes) is 1. The number of carbonyl (C=O) groups is 3. The Balaban J connectivity index is 1.40. The number of aromatic nitrogens is 3. The van der Waals surface area contributed by atoms with Gasteiger partial charge in [-0.3, -0.25) is 14.1 Å². The molecule has 2 atom stereocenters. The third-order valence-electron chi connectivity index (χ3n) is 5.94. The number of hydrogen-bond donors (Lipinski definition) is 6. The minimum absolute atomic E-state index is 0.0240. The van der Waals surface area contributed by atoms with Gasteiger partial charge in [0.15, 0.2) is 28.0 Å². The molecule has 3 aromatic rings. The number of nitrogens with one attached hydrogen (secondary N) is 1. The first-order valence-corrected chi connectivity index (χ1v) is 14.0. The van der Waals surface area contributed by atoms with Crippen LogP contribution < -0.4 is 11.1 Å². The van der Waals surface area contributed by atoms with Crippen molar-refractivity contribution in [2.45, 2.75) is 38.3 Å². The maximum Gasteiger partial charge on any atom is 0.362 e. The first-order chi connectivity index (χ1) is 19.3. The van der Waals surface area contributed by atoms with Crippen LogP contribution in [0.25, 0.3) is 11.0 Å². The zero-order valence-corrected chi connectivity index (χ0v) is 22.7. The Bertz CT molecular complexity index is 1670. The van der Waals surface area contributed by atoms with Gasteiger partial charge in [-0.05, 0) is 26.2 Å². The molecule has 1 fully saturated rings. The first kappa shape index (κ1) is 29.4. The van der Waals surface area contributed by atoms with E-state index in [9.17, 15) is 38.1 Å². The van der Waals surface area contributed by atoms with Crippen molar-refractivity contribution in [2.75, 3.05) is 12.3 Å². The number of phenols is 2. The van der Waals surface area contributed by atoms with Gasteiger partial charge in [-0.25, -0.2) is 24.1 Å². The molecule has 41 heavy (non-hydrogen) atoms. The summed E-state index contributed by atoms with van der Waals surface area (Å²) in [6.07, 6.45) is 0.866. The molecule has 2 amide bonds. The molecule has 19 heteroatoms. The summed E-state index contributed by atoms with van der Waals surface area (Å²) in [5, 5.41) is 36.6. The van der Waals surface area contributed by atoms with Crippen molar-refractivity contribution in [3.63, 3.8) is 0 Å². The number of carbonyl (C=O) groups excluding carboxylic acids is 2. The minimum atomic E-state index is -4.78. The van der Waals surface area contributed by atoms with Crippen LogP contribution in [0, 0.1) is 0 Å². The zero-order valence-electron chi connectivity index (χ0n) is 21.1. The third kappa shape index (κ3) is 6.26. The largest absolute Gasteiger partial charge is 0.504 e. The predicted octanol–water partition coefficient (Wildman–Crippen LogP) is 0.0398. The van der Waals surface area contributed by atoms with Crippen molar-refractivity contribution in [3.05, 3.63) is 34.6 Å². The summed E-state index contributed by atoms with van der Waals surface area (Å²) in [6, 6.07) is -0.0218. The number of oxime groups is 1. The maximum absolute atomic E-state index is 12.9. The fourth-order valence-corrected chi connectivity index (χ4v) is 5.38. The van der Waals surface area contributed by atoms with Gasteiger partial charge in [0.2, 0.25) is 0 Å². The molecule has 1 aliphatic heterocycles. The highest BCUT2D eigenvalue weighted by atomic mass is 32.2. The summed E-state index contributed by atoms with van der Waals surface area (Å²) in [5.41, 5.74) is 5.48. The molecule has 0 bridgehead atoms. The summed E-state index contributed by atoms with van der Waals surface area (Å²) < 4.78 is 32.0. The van der Waals surface area contributed by atoms with Crippen LogP contribution in [-0.4, -0.2) is 89.7 Å². The Morgan fingerprint density at radius 2 is 1.83 bits per heavy atom. The number of nitrogens with zero attached hydrogens (tertiary/aromatic N) is 5. The SMILES string of the molecule is C[C@@H]1[C@H](NC(=O)/C(=N\OCCCCc2nc3cc(O)c(O)cc3nc2C(=O)O)c2csc(N)n2)C(=O)N1S(=O)(=O)O. The van der Waals surface area contributed by atoms with Gasteiger partial charge in [0.05, 0.1) is 22.8 Å². The second-order valence-corrected chi connectivity index (χ2v) is 10.9. The summed E-state index contributed by atoms with van der Waals surface area (Å²) in [4.78, 5) is 54.2. The van der Waals surface area contributed by atoms with Gasteiger partial charge >= 0.3 is 16.3 Å². The Labute approximate surface area is 235 Å². The van der Waals surface area contributed by atoms with Crippen LogP contribution >= 0.6 is 11.3 Å². The van der Waals surface area contributed by atoms with Crippen molar-refractivity contribution in [1.82, 2.24) is 24.6 Å². The molecule has 4 rings (SSSR count). The highest BCUT2D eigenvalue weighted by molar-refractivity contribution is 7.84. The normalized spacial score (nSPS) is 17.4. The van der Waals surface area contributed by atoms with E-state index in [1.807, 2.05) is 0 Å². The smallest absolute Gasteiger partial charge is 0.362 e. The maximum atomic E-state index is 12.9. The van der Waals surface area contributed by atoms with E-state index in [2.05, 4.69) is 25.4 Å². The van der Waals surface area contributed by atoms with Crippen molar-refractivity contribution in [2.24, 2.45) is 5.16 Å². The zero-order chi connectivity index (χ0) is 30.1. The van der Waals surface area contributed by atoms with E-state index in [4.69, 9.17) is 15.1 Å². The number of fused-ring (bicyclic) bond motifs is 1. The molecule has 17 nitrogen and oxygen atoms in total.